The van der Waals surface area contributed by atoms with Crippen LogP contribution in [-0.2, 0) is 23.7 Å². The van der Waals surface area contributed by atoms with Gasteiger partial charge in [0, 0.05) is 0 Å². The predicted molar refractivity (Wildman–Crippen MR) is 82.1 cm³/mol. The van der Waals surface area contributed by atoms with E-state index in [-0.39, 0.29) is 0 Å². The third-order valence-corrected chi connectivity index (χ3v) is 4.60. The fraction of sp³-hybridized carbons (Fsp3) is 0.706. The summed E-state index contributed by atoms with van der Waals surface area (Å²) < 4.78 is 88.2. The summed E-state index contributed by atoms with van der Waals surface area (Å²) in [6.45, 7) is 6.29. The van der Waals surface area contributed by atoms with Gasteiger partial charge in [-0.05, 0) is 27.7 Å². The molecule has 5 unspecified atom stereocenters. The largest absolute Gasteiger partial charge is 0.484 e. The highest BCUT2D eigenvalue weighted by Crippen LogP contribution is 2.44. The van der Waals surface area contributed by atoms with Crippen LogP contribution in [-0.4, -0.2) is 53.9 Å². The Morgan fingerprint density at radius 3 is 2.00 bits per heavy atom. The van der Waals surface area contributed by atoms with Crippen molar-refractivity contribution in [3.8, 4) is 5.75 Å². The van der Waals surface area contributed by atoms with Gasteiger partial charge in [0.15, 0.2) is 17.9 Å². The van der Waals surface area contributed by atoms with Crippen molar-refractivity contribution in [3.63, 3.8) is 0 Å². The molecule has 0 spiro atoms. The lowest BCUT2D eigenvalue weighted by molar-refractivity contribution is -0.238. The quantitative estimate of drug-likeness (QED) is 0.561. The van der Waals surface area contributed by atoms with Gasteiger partial charge < -0.3 is 28.4 Å². The van der Waals surface area contributed by atoms with Gasteiger partial charge in [-0.2, -0.15) is 22.5 Å². The van der Waals surface area contributed by atoms with Gasteiger partial charge in [0.2, 0.25) is 17.4 Å². The van der Waals surface area contributed by atoms with Crippen LogP contribution in [0.3, 0.4) is 0 Å². The minimum Gasteiger partial charge on any atom is -0.484 e. The number of ether oxygens (including phenoxy) is 6. The standard InChI is InChI=1S/C17H19F4NO6/c1-16(2)25-9-6(5-23-10-7(18)13(20)22-14(21)8(10)19)24-15-12(11(9)26-16)27-17(3,4)28-15/h6,9,11-12,15H,5H2,1-4H3. The number of fused-ring (bicyclic) bond motifs is 3. The molecule has 28 heavy (non-hydrogen) atoms. The topological polar surface area (TPSA) is 68.3 Å². The highest BCUT2D eigenvalue weighted by Gasteiger charge is 2.60. The van der Waals surface area contributed by atoms with E-state index in [0.717, 1.165) is 0 Å². The predicted octanol–water partition coefficient (Wildman–Crippen LogP) is 2.41. The fourth-order valence-electron chi connectivity index (χ4n) is 3.59. The zero-order valence-corrected chi connectivity index (χ0v) is 15.5. The molecule has 0 radical (unpaired) electrons. The Morgan fingerprint density at radius 2 is 1.36 bits per heavy atom. The molecule has 5 atom stereocenters. The zero-order valence-electron chi connectivity index (χ0n) is 15.5. The monoisotopic (exact) mass is 409 g/mol. The van der Waals surface area contributed by atoms with Crippen molar-refractivity contribution in [2.24, 2.45) is 0 Å². The first-order valence-corrected chi connectivity index (χ1v) is 8.67. The molecule has 3 saturated heterocycles. The van der Waals surface area contributed by atoms with Crippen LogP contribution in [0, 0.1) is 23.5 Å². The van der Waals surface area contributed by atoms with Gasteiger partial charge in [-0.1, -0.05) is 0 Å². The molecule has 0 bridgehead atoms. The molecule has 1 aromatic heterocycles. The van der Waals surface area contributed by atoms with Gasteiger partial charge in [0.1, 0.15) is 31.0 Å². The first kappa shape index (κ1) is 19.8. The highest BCUT2D eigenvalue weighted by molar-refractivity contribution is 5.24. The minimum atomic E-state index is -1.81. The van der Waals surface area contributed by atoms with Crippen molar-refractivity contribution in [1.29, 1.82) is 0 Å². The molecule has 3 aliphatic heterocycles. The first-order valence-electron chi connectivity index (χ1n) is 8.67. The van der Waals surface area contributed by atoms with E-state index in [1.807, 2.05) is 0 Å². The van der Waals surface area contributed by atoms with Crippen LogP contribution >= 0.6 is 0 Å². The average molecular weight is 409 g/mol. The summed E-state index contributed by atoms with van der Waals surface area (Å²) in [5, 5.41) is 0. The lowest BCUT2D eigenvalue weighted by Crippen LogP contribution is -2.56. The van der Waals surface area contributed by atoms with Gasteiger partial charge in [-0.15, -0.1) is 0 Å². The minimum absolute atomic E-state index is 0.482. The number of rotatable bonds is 3. The maximum atomic E-state index is 13.8. The molecule has 4 heterocycles. The normalized spacial score (nSPS) is 35.5. The van der Waals surface area contributed by atoms with Gasteiger partial charge in [-0.3, -0.25) is 0 Å². The summed E-state index contributed by atoms with van der Waals surface area (Å²) in [6.07, 6.45) is -3.69. The Labute approximate surface area is 157 Å². The number of hydrogen-bond acceptors (Lipinski definition) is 7. The molecule has 11 heteroatoms. The van der Waals surface area contributed by atoms with E-state index in [2.05, 4.69) is 4.98 Å². The van der Waals surface area contributed by atoms with Gasteiger partial charge in [0.25, 0.3) is 11.9 Å². The van der Waals surface area contributed by atoms with Gasteiger partial charge >= 0.3 is 0 Å². The number of hydrogen-bond donors (Lipinski definition) is 0. The lowest BCUT2D eigenvalue weighted by atomic mass is 9.99. The second-order valence-electron chi connectivity index (χ2n) is 7.67. The summed E-state index contributed by atoms with van der Waals surface area (Å²) in [5.41, 5.74) is 0. The Morgan fingerprint density at radius 1 is 0.821 bits per heavy atom. The van der Waals surface area contributed by atoms with Gasteiger partial charge in [0.05, 0.1) is 0 Å². The Hall–Kier alpha value is -1.53. The molecule has 0 amide bonds. The van der Waals surface area contributed by atoms with Crippen LogP contribution < -0.4 is 4.74 Å². The zero-order chi connectivity index (χ0) is 20.4. The molecule has 0 aromatic carbocycles. The van der Waals surface area contributed by atoms with E-state index < -0.39 is 78.2 Å². The van der Waals surface area contributed by atoms with E-state index in [9.17, 15) is 17.6 Å². The van der Waals surface area contributed by atoms with Crippen LogP contribution in [0.4, 0.5) is 17.6 Å². The van der Waals surface area contributed by atoms with Crippen molar-refractivity contribution in [1.82, 2.24) is 4.98 Å². The molecule has 4 rings (SSSR count). The molecular formula is C17H19F4NO6. The molecule has 3 aliphatic rings. The van der Waals surface area contributed by atoms with E-state index in [1.165, 1.54) is 0 Å². The number of nitrogens with zero attached hydrogens (tertiary/aromatic N) is 1. The SMILES string of the molecule is CC1(C)OC2OC(COc3c(F)c(F)nc(F)c3F)C3OC(C)(C)OC3C2O1. The van der Waals surface area contributed by atoms with E-state index in [4.69, 9.17) is 28.4 Å². The fourth-order valence-corrected chi connectivity index (χ4v) is 3.59. The first-order chi connectivity index (χ1) is 13.0. The maximum absolute atomic E-state index is 13.8. The van der Waals surface area contributed by atoms with Crippen LogP contribution in [0.25, 0.3) is 0 Å². The van der Waals surface area contributed by atoms with E-state index in [1.54, 1.807) is 27.7 Å². The lowest BCUT2D eigenvalue weighted by Gasteiger charge is -2.37. The smallest absolute Gasteiger partial charge is 0.255 e. The van der Waals surface area contributed by atoms with Crippen molar-refractivity contribution >= 4 is 0 Å². The van der Waals surface area contributed by atoms with Crippen molar-refractivity contribution in [2.45, 2.75) is 70.0 Å². The van der Waals surface area contributed by atoms with Crippen molar-refractivity contribution < 1.29 is 46.0 Å². The van der Waals surface area contributed by atoms with Gasteiger partial charge in [-0.25, -0.2) is 0 Å². The summed E-state index contributed by atoms with van der Waals surface area (Å²) in [6, 6.07) is 0. The van der Waals surface area contributed by atoms with E-state index >= 15 is 0 Å². The molecule has 0 saturated carbocycles. The molecule has 1 aromatic rings. The number of halogens is 4. The molecule has 156 valence electrons. The third-order valence-electron chi connectivity index (χ3n) is 4.60. The summed E-state index contributed by atoms with van der Waals surface area (Å²) in [7, 11) is 0. The van der Waals surface area contributed by atoms with Crippen molar-refractivity contribution in [3.05, 3.63) is 23.5 Å². The summed E-state index contributed by atoms with van der Waals surface area (Å²) in [5.74, 6) is -10.3. The molecule has 7 nitrogen and oxygen atoms in total. The van der Waals surface area contributed by atoms with E-state index in [0.29, 0.717) is 0 Å². The highest BCUT2D eigenvalue weighted by atomic mass is 19.2. The maximum Gasteiger partial charge on any atom is 0.255 e. The summed E-state index contributed by atoms with van der Waals surface area (Å²) in [4.78, 5) is 2.48. The second kappa shape index (κ2) is 6.49. The molecule has 0 N–H and O–H groups in total. The molecular weight excluding hydrogens is 390 g/mol. The second-order valence-corrected chi connectivity index (χ2v) is 7.67. The number of aromatic nitrogens is 1. The van der Waals surface area contributed by atoms with Crippen LogP contribution in [0.1, 0.15) is 27.7 Å². The van der Waals surface area contributed by atoms with Crippen molar-refractivity contribution in [2.75, 3.05) is 6.61 Å². The summed E-state index contributed by atoms with van der Waals surface area (Å²) >= 11 is 0. The van der Waals surface area contributed by atoms with Crippen LogP contribution in [0.5, 0.6) is 5.75 Å². The van der Waals surface area contributed by atoms with Crippen LogP contribution in [0.2, 0.25) is 0 Å². The average Bonchev–Trinajstić information content (AvgIpc) is 3.07. The Kier molecular flexibility index (Phi) is 4.58. The molecule has 3 fully saturated rings. The number of pyridine rings is 1. The Balaban J connectivity index is 1.57. The Bertz CT molecular complexity index is 765. The molecule has 0 aliphatic carbocycles. The van der Waals surface area contributed by atoms with Crippen LogP contribution in [0.15, 0.2) is 0 Å². The third kappa shape index (κ3) is 3.35.